The highest BCUT2D eigenvalue weighted by Gasteiger charge is 2.30. The standard InChI is InChI=1S/C27H28FN5O2S/c1-31(2)27-11-10-23(16-30-27)36(34,35)33-15-13-24-21(18-33)4-3-5-25(24)26-17-29-19-32(26)14-12-20-6-8-22(28)9-7-20/h3-11,16-17,19H,12-15,18H2,1-2H3. The van der Waals surface area contributed by atoms with E-state index in [9.17, 15) is 12.8 Å². The second-order valence-electron chi connectivity index (χ2n) is 9.13. The molecule has 1 aliphatic heterocycles. The lowest BCUT2D eigenvalue weighted by Gasteiger charge is -2.29. The Morgan fingerprint density at radius 3 is 2.56 bits per heavy atom. The monoisotopic (exact) mass is 505 g/mol. The first kappa shape index (κ1) is 24.1. The molecular formula is C27H28FN5O2S. The molecule has 5 rings (SSSR count). The normalized spacial score (nSPS) is 14.0. The highest BCUT2D eigenvalue weighted by atomic mass is 32.2. The Bertz CT molecular complexity index is 1470. The summed E-state index contributed by atoms with van der Waals surface area (Å²) in [7, 11) is 0.0747. The third kappa shape index (κ3) is 4.76. The maximum absolute atomic E-state index is 13.3. The van der Waals surface area contributed by atoms with Crippen LogP contribution in [0.5, 0.6) is 0 Å². The van der Waals surface area contributed by atoms with Crippen LogP contribution in [0.2, 0.25) is 0 Å². The lowest BCUT2D eigenvalue weighted by atomic mass is 9.94. The fraction of sp³-hybridized carbons (Fsp3) is 0.259. The Morgan fingerprint density at radius 2 is 1.83 bits per heavy atom. The fourth-order valence-corrected chi connectivity index (χ4v) is 5.96. The number of hydrogen-bond donors (Lipinski definition) is 0. The topological polar surface area (TPSA) is 71.3 Å². The number of rotatable bonds is 7. The number of sulfonamides is 1. The molecule has 0 fully saturated rings. The van der Waals surface area contributed by atoms with E-state index in [-0.39, 0.29) is 10.7 Å². The molecule has 0 saturated carbocycles. The maximum Gasteiger partial charge on any atom is 0.244 e. The first-order chi connectivity index (χ1) is 17.3. The average Bonchev–Trinajstić information content (AvgIpc) is 3.36. The zero-order valence-electron chi connectivity index (χ0n) is 20.3. The SMILES string of the molecule is CN(C)c1ccc(S(=O)(=O)N2CCc3c(cccc3-c3cncn3CCc3ccc(F)cc3)C2)cn1. The molecule has 0 atom stereocenters. The van der Waals surface area contributed by atoms with Crippen LogP contribution in [-0.4, -0.2) is 47.9 Å². The number of halogens is 1. The molecule has 0 radical (unpaired) electrons. The number of anilines is 1. The zero-order chi connectivity index (χ0) is 25.3. The van der Waals surface area contributed by atoms with Crippen LogP contribution in [-0.2, 0) is 36.0 Å². The summed E-state index contributed by atoms with van der Waals surface area (Å²) in [5.41, 5.74) is 5.26. The van der Waals surface area contributed by atoms with Crippen molar-refractivity contribution in [3.63, 3.8) is 0 Å². The molecule has 0 N–H and O–H groups in total. The number of imidazole rings is 1. The first-order valence-corrected chi connectivity index (χ1v) is 13.3. The zero-order valence-corrected chi connectivity index (χ0v) is 21.1. The molecule has 36 heavy (non-hydrogen) atoms. The minimum Gasteiger partial charge on any atom is -0.363 e. The van der Waals surface area contributed by atoms with Crippen LogP contribution in [0.1, 0.15) is 16.7 Å². The van der Waals surface area contributed by atoms with E-state index in [0.717, 1.165) is 34.4 Å². The van der Waals surface area contributed by atoms with Gasteiger partial charge in [0, 0.05) is 45.5 Å². The third-order valence-electron chi connectivity index (χ3n) is 6.59. The summed E-state index contributed by atoms with van der Waals surface area (Å²) >= 11 is 0. The third-order valence-corrected chi connectivity index (χ3v) is 8.42. The van der Waals surface area contributed by atoms with E-state index >= 15 is 0 Å². The molecule has 2 aromatic carbocycles. The van der Waals surface area contributed by atoms with E-state index in [0.29, 0.717) is 31.9 Å². The molecule has 0 aliphatic carbocycles. The van der Waals surface area contributed by atoms with Crippen LogP contribution in [0.4, 0.5) is 10.2 Å². The molecule has 9 heteroatoms. The van der Waals surface area contributed by atoms with Crippen LogP contribution in [0.15, 0.2) is 78.2 Å². The Hall–Kier alpha value is -3.56. The lowest BCUT2D eigenvalue weighted by molar-refractivity contribution is 0.391. The molecule has 1 aliphatic rings. The Kier molecular flexibility index (Phi) is 6.59. The molecule has 4 aromatic rings. The van der Waals surface area contributed by atoms with Gasteiger partial charge in [0.05, 0.1) is 18.2 Å². The molecule has 186 valence electrons. The Labute approximate surface area is 210 Å². The van der Waals surface area contributed by atoms with Crippen LogP contribution in [0, 0.1) is 5.82 Å². The predicted octanol–water partition coefficient (Wildman–Crippen LogP) is 4.14. The van der Waals surface area contributed by atoms with Gasteiger partial charge in [-0.25, -0.2) is 22.8 Å². The van der Waals surface area contributed by atoms with Gasteiger partial charge in [-0.1, -0.05) is 30.3 Å². The van der Waals surface area contributed by atoms with Gasteiger partial charge in [0.15, 0.2) is 0 Å². The van der Waals surface area contributed by atoms with E-state index in [4.69, 9.17) is 0 Å². The van der Waals surface area contributed by atoms with Gasteiger partial charge in [0.2, 0.25) is 10.0 Å². The summed E-state index contributed by atoms with van der Waals surface area (Å²) in [4.78, 5) is 10.7. The Morgan fingerprint density at radius 1 is 1.03 bits per heavy atom. The second kappa shape index (κ2) is 9.83. The number of fused-ring (bicyclic) bond motifs is 1. The van der Waals surface area contributed by atoms with Gasteiger partial charge in [-0.15, -0.1) is 0 Å². The lowest BCUT2D eigenvalue weighted by Crippen LogP contribution is -2.36. The van der Waals surface area contributed by atoms with Crippen molar-refractivity contribution in [3.8, 4) is 11.3 Å². The minimum atomic E-state index is -3.66. The number of pyridine rings is 1. The van der Waals surface area contributed by atoms with Gasteiger partial charge in [0.25, 0.3) is 0 Å². The molecule has 0 amide bonds. The molecule has 0 bridgehead atoms. The van der Waals surface area contributed by atoms with Crippen molar-refractivity contribution in [3.05, 3.63) is 95.8 Å². The average molecular weight is 506 g/mol. The molecular weight excluding hydrogens is 477 g/mol. The molecule has 0 saturated heterocycles. The van der Waals surface area contributed by atoms with Crippen LogP contribution >= 0.6 is 0 Å². The van der Waals surface area contributed by atoms with E-state index in [1.165, 1.54) is 22.6 Å². The predicted molar refractivity (Wildman–Crippen MR) is 138 cm³/mol. The van der Waals surface area contributed by atoms with Crippen molar-refractivity contribution in [2.24, 2.45) is 0 Å². The van der Waals surface area contributed by atoms with Gasteiger partial charge in [-0.2, -0.15) is 4.31 Å². The smallest absolute Gasteiger partial charge is 0.244 e. The number of aromatic nitrogens is 3. The summed E-state index contributed by atoms with van der Waals surface area (Å²) in [6.07, 6.45) is 6.45. The van der Waals surface area contributed by atoms with Gasteiger partial charge < -0.3 is 9.47 Å². The molecule has 7 nitrogen and oxygen atoms in total. The highest BCUT2D eigenvalue weighted by molar-refractivity contribution is 7.89. The van der Waals surface area contributed by atoms with Crippen molar-refractivity contribution >= 4 is 15.8 Å². The van der Waals surface area contributed by atoms with E-state index < -0.39 is 10.0 Å². The number of benzene rings is 2. The van der Waals surface area contributed by atoms with Crippen molar-refractivity contribution in [2.45, 2.75) is 30.8 Å². The fourth-order valence-electron chi connectivity index (χ4n) is 4.59. The van der Waals surface area contributed by atoms with Crippen molar-refractivity contribution < 1.29 is 12.8 Å². The van der Waals surface area contributed by atoms with E-state index in [1.54, 1.807) is 24.3 Å². The molecule has 2 aromatic heterocycles. The van der Waals surface area contributed by atoms with Gasteiger partial charge in [-0.3, -0.25) is 0 Å². The first-order valence-electron chi connectivity index (χ1n) is 11.8. The summed E-state index contributed by atoms with van der Waals surface area (Å²) in [6.45, 7) is 1.41. The van der Waals surface area contributed by atoms with E-state index in [2.05, 4.69) is 20.6 Å². The van der Waals surface area contributed by atoms with Gasteiger partial charge in [0.1, 0.15) is 16.5 Å². The quantitative estimate of drug-likeness (QED) is 0.378. The molecule has 3 heterocycles. The Balaban J connectivity index is 1.37. The molecule has 0 spiro atoms. The highest BCUT2D eigenvalue weighted by Crippen LogP contribution is 2.32. The van der Waals surface area contributed by atoms with Crippen LogP contribution in [0.25, 0.3) is 11.3 Å². The van der Waals surface area contributed by atoms with Gasteiger partial charge >= 0.3 is 0 Å². The largest absolute Gasteiger partial charge is 0.363 e. The summed E-state index contributed by atoms with van der Waals surface area (Å²) in [5.74, 6) is 0.467. The number of nitrogens with zero attached hydrogens (tertiary/aromatic N) is 5. The second-order valence-corrected chi connectivity index (χ2v) is 11.1. The van der Waals surface area contributed by atoms with Crippen LogP contribution in [0.3, 0.4) is 0 Å². The minimum absolute atomic E-state index is 0.201. The van der Waals surface area contributed by atoms with E-state index in [1.807, 2.05) is 43.7 Å². The summed E-state index contributed by atoms with van der Waals surface area (Å²) < 4.78 is 43.5. The number of hydrogen-bond acceptors (Lipinski definition) is 5. The van der Waals surface area contributed by atoms with Crippen molar-refractivity contribution in [1.82, 2.24) is 18.8 Å². The van der Waals surface area contributed by atoms with Gasteiger partial charge in [-0.05, 0) is 53.8 Å². The van der Waals surface area contributed by atoms with Crippen molar-refractivity contribution in [1.29, 1.82) is 0 Å². The van der Waals surface area contributed by atoms with Crippen molar-refractivity contribution in [2.75, 3.05) is 25.5 Å². The number of aryl methyl sites for hydroxylation is 2. The summed E-state index contributed by atoms with van der Waals surface area (Å²) in [6, 6.07) is 15.9. The summed E-state index contributed by atoms with van der Waals surface area (Å²) in [5, 5.41) is 0. The maximum atomic E-state index is 13.3. The molecule has 0 unspecified atom stereocenters. The van der Waals surface area contributed by atoms with Crippen LogP contribution < -0.4 is 4.90 Å².